The van der Waals surface area contributed by atoms with Crippen molar-refractivity contribution >= 4 is 33.4 Å². The molecule has 0 aliphatic carbocycles. The molecule has 0 atom stereocenters. The van der Waals surface area contributed by atoms with Crippen LogP contribution in [0, 0.1) is 0 Å². The molecule has 0 radical (unpaired) electrons. The van der Waals surface area contributed by atoms with E-state index in [4.69, 9.17) is 9.88 Å². The Balaban J connectivity index is 2.58. The smallest absolute Gasteiger partial charge is 0.253 e. The fourth-order valence-corrected chi connectivity index (χ4v) is 5.11. The Hall–Kier alpha value is -2.49. The molecule has 0 spiro atoms. The molecule has 0 unspecified atom stereocenters. The maximum absolute atomic E-state index is 13.4. The minimum absolute atomic E-state index is 0.155. The van der Waals surface area contributed by atoms with Crippen LogP contribution in [0.2, 0.25) is 0 Å². The van der Waals surface area contributed by atoms with Crippen LogP contribution in [0.15, 0.2) is 58.8 Å². The summed E-state index contributed by atoms with van der Waals surface area (Å²) in [6.45, 7) is 8.17. The standard InChI is InChI=1S/C28H41N3O4S2/c1-5-8-17-31(18-9-6-2)25-21-23(28(32)30(4)16-13-20-36-19-7-3)22-26(37(29,33)34)27(25)35-24-14-11-10-12-15-24/h7,10-12,14-15,19,21-22H,5-6,8-9,13,16-18,20H2,1-4H3,(H2,29,33,34)/b19-7-. The van der Waals surface area contributed by atoms with Gasteiger partial charge < -0.3 is 14.5 Å². The maximum Gasteiger partial charge on any atom is 0.253 e. The molecule has 0 saturated heterocycles. The molecule has 204 valence electrons. The molecule has 0 aromatic heterocycles. The summed E-state index contributed by atoms with van der Waals surface area (Å²) in [5, 5.41) is 7.72. The number of unbranched alkanes of at least 4 members (excludes halogenated alkanes) is 2. The summed E-state index contributed by atoms with van der Waals surface area (Å²) in [6.07, 6.45) is 6.60. The van der Waals surface area contributed by atoms with Crippen LogP contribution in [0.5, 0.6) is 11.5 Å². The minimum Gasteiger partial charge on any atom is -0.454 e. The van der Waals surface area contributed by atoms with Gasteiger partial charge in [0.15, 0.2) is 5.75 Å². The molecule has 2 aromatic rings. The topological polar surface area (TPSA) is 92.9 Å². The van der Waals surface area contributed by atoms with Crippen LogP contribution in [0.25, 0.3) is 0 Å². The summed E-state index contributed by atoms with van der Waals surface area (Å²) < 4.78 is 31.8. The number of thioether (sulfide) groups is 1. The number of nitrogens with two attached hydrogens (primary N) is 1. The molecule has 0 fully saturated rings. The second-order valence-electron chi connectivity index (χ2n) is 8.90. The largest absolute Gasteiger partial charge is 0.454 e. The summed E-state index contributed by atoms with van der Waals surface area (Å²) in [7, 11) is -2.46. The highest BCUT2D eigenvalue weighted by atomic mass is 32.2. The van der Waals surface area contributed by atoms with Crippen LogP contribution in [-0.4, -0.2) is 51.7 Å². The lowest BCUT2D eigenvalue weighted by molar-refractivity contribution is 0.0795. The molecular formula is C28H41N3O4S2. The van der Waals surface area contributed by atoms with Crippen molar-refractivity contribution < 1.29 is 17.9 Å². The Bertz CT molecular complexity index is 1110. The third kappa shape index (κ3) is 9.72. The van der Waals surface area contributed by atoms with E-state index in [0.29, 0.717) is 31.1 Å². The van der Waals surface area contributed by atoms with E-state index < -0.39 is 10.0 Å². The van der Waals surface area contributed by atoms with E-state index in [0.717, 1.165) is 37.9 Å². The summed E-state index contributed by atoms with van der Waals surface area (Å²) in [5.41, 5.74) is 0.846. The van der Waals surface area contributed by atoms with Gasteiger partial charge in [-0.2, -0.15) is 0 Å². The molecule has 0 aliphatic heterocycles. The third-order valence-electron chi connectivity index (χ3n) is 5.79. The predicted octanol–water partition coefficient (Wildman–Crippen LogP) is 6.26. The molecule has 0 saturated carbocycles. The average Bonchev–Trinajstić information content (AvgIpc) is 2.88. The Kier molecular flexibility index (Phi) is 13.0. The summed E-state index contributed by atoms with van der Waals surface area (Å²) in [5.74, 6) is 1.29. The first-order chi connectivity index (χ1) is 17.7. The molecule has 37 heavy (non-hydrogen) atoms. The van der Waals surface area contributed by atoms with Crippen molar-refractivity contribution in [3.63, 3.8) is 0 Å². The first-order valence-electron chi connectivity index (χ1n) is 12.9. The number of ether oxygens (including phenoxy) is 1. The van der Waals surface area contributed by atoms with Gasteiger partial charge in [-0.25, -0.2) is 13.6 Å². The zero-order valence-electron chi connectivity index (χ0n) is 22.5. The predicted molar refractivity (Wildman–Crippen MR) is 155 cm³/mol. The van der Waals surface area contributed by atoms with Gasteiger partial charge in [-0.3, -0.25) is 4.79 Å². The van der Waals surface area contributed by atoms with Crippen molar-refractivity contribution in [2.45, 2.75) is 57.8 Å². The molecule has 0 bridgehead atoms. The van der Waals surface area contributed by atoms with Crippen LogP contribution >= 0.6 is 11.8 Å². The Morgan fingerprint density at radius 1 is 1.03 bits per heavy atom. The number of amides is 1. The normalized spacial score (nSPS) is 11.6. The molecule has 2 rings (SSSR count). The minimum atomic E-state index is -4.19. The monoisotopic (exact) mass is 547 g/mol. The van der Waals surface area contributed by atoms with Crippen molar-refractivity contribution in [2.24, 2.45) is 5.14 Å². The number of primary sulfonamides is 1. The van der Waals surface area contributed by atoms with Gasteiger partial charge in [0.25, 0.3) is 5.91 Å². The van der Waals surface area contributed by atoms with Crippen LogP contribution in [0.4, 0.5) is 5.69 Å². The van der Waals surface area contributed by atoms with E-state index in [1.54, 1.807) is 41.9 Å². The third-order valence-corrected chi connectivity index (χ3v) is 7.70. The SMILES string of the molecule is C/C=C\SCCCN(C)C(=O)c1cc(N(CCCC)CCCC)c(Oc2ccccc2)c(S(N)(=O)=O)c1. The second-order valence-corrected chi connectivity index (χ2v) is 11.4. The van der Waals surface area contributed by atoms with Crippen molar-refractivity contribution in [1.29, 1.82) is 0 Å². The number of para-hydroxylation sites is 1. The molecule has 0 heterocycles. The van der Waals surface area contributed by atoms with E-state index in [2.05, 4.69) is 18.7 Å². The first kappa shape index (κ1) is 30.7. The number of anilines is 1. The number of carbonyl (C=O) groups is 1. The first-order valence-corrected chi connectivity index (χ1v) is 15.5. The van der Waals surface area contributed by atoms with E-state index in [1.165, 1.54) is 6.07 Å². The number of rotatable bonds is 16. The van der Waals surface area contributed by atoms with E-state index in [1.807, 2.05) is 36.6 Å². The van der Waals surface area contributed by atoms with Gasteiger partial charge in [0.1, 0.15) is 10.6 Å². The van der Waals surface area contributed by atoms with Crippen LogP contribution < -0.4 is 14.8 Å². The second kappa shape index (κ2) is 15.7. The van der Waals surface area contributed by atoms with Crippen molar-refractivity contribution in [3.8, 4) is 11.5 Å². The van der Waals surface area contributed by atoms with Gasteiger partial charge in [-0.05, 0) is 61.6 Å². The number of sulfonamides is 1. The lowest BCUT2D eigenvalue weighted by Gasteiger charge is -2.29. The van der Waals surface area contributed by atoms with E-state index in [-0.39, 0.29) is 22.1 Å². The van der Waals surface area contributed by atoms with Crippen molar-refractivity contribution in [2.75, 3.05) is 37.3 Å². The highest BCUT2D eigenvalue weighted by Crippen LogP contribution is 2.40. The molecule has 2 aromatic carbocycles. The average molecular weight is 548 g/mol. The summed E-state index contributed by atoms with van der Waals surface area (Å²) in [6, 6.07) is 12.1. The van der Waals surface area contributed by atoms with Crippen molar-refractivity contribution in [1.82, 2.24) is 4.90 Å². The van der Waals surface area contributed by atoms with Crippen molar-refractivity contribution in [3.05, 3.63) is 59.5 Å². The number of carbonyl (C=O) groups excluding carboxylic acids is 1. The fourth-order valence-electron chi connectivity index (χ4n) is 3.79. The van der Waals surface area contributed by atoms with E-state index >= 15 is 0 Å². The lowest BCUT2D eigenvalue weighted by atomic mass is 10.1. The highest BCUT2D eigenvalue weighted by molar-refractivity contribution is 8.02. The molecular weight excluding hydrogens is 506 g/mol. The van der Waals surface area contributed by atoms with Gasteiger partial charge in [0, 0.05) is 32.2 Å². The number of hydrogen-bond donors (Lipinski definition) is 1. The van der Waals surface area contributed by atoms with E-state index in [9.17, 15) is 13.2 Å². The molecule has 7 nitrogen and oxygen atoms in total. The van der Waals surface area contributed by atoms with Gasteiger partial charge >= 0.3 is 0 Å². The quantitative estimate of drug-likeness (QED) is 0.249. The Morgan fingerprint density at radius 2 is 1.68 bits per heavy atom. The van der Waals surface area contributed by atoms with Gasteiger partial charge in [0.05, 0.1) is 5.69 Å². The zero-order chi connectivity index (χ0) is 27.3. The van der Waals surface area contributed by atoms with Crippen LogP contribution in [-0.2, 0) is 10.0 Å². The molecule has 1 amide bonds. The van der Waals surface area contributed by atoms with Gasteiger partial charge in [0.2, 0.25) is 10.0 Å². The number of hydrogen-bond acceptors (Lipinski definition) is 6. The van der Waals surface area contributed by atoms with Gasteiger partial charge in [-0.15, -0.1) is 11.8 Å². The van der Waals surface area contributed by atoms with Crippen LogP contribution in [0.1, 0.15) is 63.2 Å². The summed E-state index contributed by atoms with van der Waals surface area (Å²) >= 11 is 1.70. The maximum atomic E-state index is 13.4. The summed E-state index contributed by atoms with van der Waals surface area (Å²) in [4.78, 5) is 17.0. The van der Waals surface area contributed by atoms with Gasteiger partial charge in [-0.1, -0.05) is 51.0 Å². The Morgan fingerprint density at radius 3 is 2.24 bits per heavy atom. The number of nitrogens with zero attached hydrogens (tertiary/aromatic N) is 2. The lowest BCUT2D eigenvalue weighted by Crippen LogP contribution is -2.30. The highest BCUT2D eigenvalue weighted by Gasteiger charge is 2.27. The number of allylic oxidation sites excluding steroid dienone is 1. The number of benzene rings is 2. The molecule has 9 heteroatoms. The molecule has 2 N–H and O–H groups in total. The molecule has 0 aliphatic rings. The fraction of sp³-hybridized carbons (Fsp3) is 0.464. The zero-order valence-corrected chi connectivity index (χ0v) is 24.1. The Labute approximate surface area is 227 Å². The van der Waals surface area contributed by atoms with Crippen LogP contribution in [0.3, 0.4) is 0 Å².